The van der Waals surface area contributed by atoms with Crippen molar-refractivity contribution in [3.8, 4) is 5.75 Å². The van der Waals surface area contributed by atoms with Gasteiger partial charge in [-0.15, -0.1) is 0 Å². The van der Waals surface area contributed by atoms with Crippen LogP contribution in [0.15, 0.2) is 48.5 Å². The summed E-state index contributed by atoms with van der Waals surface area (Å²) >= 11 is 0. The average Bonchev–Trinajstić information content (AvgIpc) is 2.64. The monoisotopic (exact) mass is 392 g/mol. The largest absolute Gasteiger partial charge is 0.382 e. The lowest BCUT2D eigenvalue weighted by Crippen LogP contribution is -2.48. The summed E-state index contributed by atoms with van der Waals surface area (Å²) in [5.41, 5.74) is 0.995. The van der Waals surface area contributed by atoms with E-state index in [1.54, 1.807) is 42.2 Å². The first-order chi connectivity index (χ1) is 12.8. The van der Waals surface area contributed by atoms with Crippen molar-refractivity contribution in [3.05, 3.63) is 59.9 Å². The zero-order valence-electron chi connectivity index (χ0n) is 15.0. The maximum absolute atomic E-state index is 13.6. The Bertz CT molecular complexity index is 908. The molecule has 3 rings (SSSR count). The van der Waals surface area contributed by atoms with E-state index < -0.39 is 21.7 Å². The normalized spacial score (nSPS) is 14.9. The van der Waals surface area contributed by atoms with Crippen LogP contribution in [0.5, 0.6) is 5.75 Å². The number of rotatable bonds is 5. The summed E-state index contributed by atoms with van der Waals surface area (Å²) in [7, 11) is -3.96. The van der Waals surface area contributed by atoms with Gasteiger partial charge in [-0.3, -0.25) is 4.79 Å². The number of benzene rings is 2. The molecule has 1 heterocycles. The second-order valence-corrected chi connectivity index (χ2v) is 7.93. The van der Waals surface area contributed by atoms with Crippen molar-refractivity contribution in [3.63, 3.8) is 0 Å². The Hall–Kier alpha value is -2.61. The fourth-order valence-corrected chi connectivity index (χ4v) is 4.05. The van der Waals surface area contributed by atoms with E-state index in [0.717, 1.165) is 5.69 Å². The lowest BCUT2D eigenvalue weighted by atomic mass is 10.2. The van der Waals surface area contributed by atoms with Gasteiger partial charge in [0.05, 0.1) is 0 Å². The average molecular weight is 392 g/mol. The van der Waals surface area contributed by atoms with E-state index in [-0.39, 0.29) is 17.2 Å². The first kappa shape index (κ1) is 19.2. The van der Waals surface area contributed by atoms with Gasteiger partial charge in [0.25, 0.3) is 0 Å². The molecule has 0 aromatic heterocycles. The van der Waals surface area contributed by atoms with Crippen LogP contribution in [0.25, 0.3) is 0 Å². The SMILES string of the molecule is CC(=O)N1CCN(c2ccc(OS(=O)(=O)Cc3ccccc3F)cc2)CC1. The van der Waals surface area contributed by atoms with Crippen LogP contribution in [0.3, 0.4) is 0 Å². The molecular weight excluding hydrogens is 371 g/mol. The Morgan fingerprint density at radius 1 is 1.04 bits per heavy atom. The van der Waals surface area contributed by atoms with E-state index in [2.05, 4.69) is 4.90 Å². The molecule has 0 bridgehead atoms. The molecule has 0 N–H and O–H groups in total. The molecule has 0 spiro atoms. The summed E-state index contributed by atoms with van der Waals surface area (Å²) in [5, 5.41) is 0. The molecule has 1 aliphatic heterocycles. The number of amides is 1. The lowest BCUT2D eigenvalue weighted by molar-refractivity contribution is -0.129. The smallest absolute Gasteiger partial charge is 0.313 e. The molecule has 1 saturated heterocycles. The number of halogens is 1. The molecule has 0 unspecified atom stereocenters. The fourth-order valence-electron chi connectivity index (χ4n) is 2.97. The van der Waals surface area contributed by atoms with Crippen molar-refractivity contribution in [2.24, 2.45) is 0 Å². The summed E-state index contributed by atoms with van der Waals surface area (Å²) < 4.78 is 43.1. The number of nitrogens with zero attached hydrogens (tertiary/aromatic N) is 2. The van der Waals surface area contributed by atoms with E-state index in [4.69, 9.17) is 4.18 Å². The maximum Gasteiger partial charge on any atom is 0.313 e. The Morgan fingerprint density at radius 2 is 1.67 bits per heavy atom. The molecule has 1 fully saturated rings. The summed E-state index contributed by atoms with van der Waals surface area (Å²) in [4.78, 5) is 15.3. The van der Waals surface area contributed by atoms with Crippen LogP contribution in [0.2, 0.25) is 0 Å². The number of anilines is 1. The van der Waals surface area contributed by atoms with Crippen LogP contribution in [0, 0.1) is 5.82 Å². The van der Waals surface area contributed by atoms with Gasteiger partial charge in [-0.2, -0.15) is 8.42 Å². The van der Waals surface area contributed by atoms with Gasteiger partial charge in [0, 0.05) is 44.4 Å². The number of piperazine rings is 1. The van der Waals surface area contributed by atoms with Gasteiger partial charge in [0.1, 0.15) is 17.3 Å². The van der Waals surface area contributed by atoms with E-state index in [0.29, 0.717) is 26.2 Å². The number of hydrogen-bond donors (Lipinski definition) is 0. The molecule has 6 nitrogen and oxygen atoms in total. The fraction of sp³-hybridized carbons (Fsp3) is 0.316. The van der Waals surface area contributed by atoms with Crippen molar-refractivity contribution in [2.75, 3.05) is 31.1 Å². The van der Waals surface area contributed by atoms with Gasteiger partial charge in [-0.1, -0.05) is 18.2 Å². The summed E-state index contributed by atoms with van der Waals surface area (Å²) in [6.45, 7) is 4.30. The zero-order valence-corrected chi connectivity index (χ0v) is 15.8. The summed E-state index contributed by atoms with van der Waals surface area (Å²) in [6.07, 6.45) is 0. The number of carbonyl (C=O) groups is 1. The third kappa shape index (κ3) is 4.97. The van der Waals surface area contributed by atoms with E-state index in [1.165, 1.54) is 18.2 Å². The van der Waals surface area contributed by atoms with Gasteiger partial charge in [-0.25, -0.2) is 4.39 Å². The summed E-state index contributed by atoms with van der Waals surface area (Å²) in [5.74, 6) is -0.866. The van der Waals surface area contributed by atoms with Crippen molar-refractivity contribution >= 4 is 21.7 Å². The first-order valence-electron chi connectivity index (χ1n) is 8.60. The minimum atomic E-state index is -3.96. The quantitative estimate of drug-likeness (QED) is 0.731. The Labute approximate surface area is 158 Å². The molecule has 0 aliphatic carbocycles. The van der Waals surface area contributed by atoms with Gasteiger partial charge in [0.15, 0.2) is 0 Å². The van der Waals surface area contributed by atoms with Crippen molar-refractivity contribution in [2.45, 2.75) is 12.7 Å². The molecule has 27 heavy (non-hydrogen) atoms. The minimum Gasteiger partial charge on any atom is -0.382 e. The summed E-state index contributed by atoms with van der Waals surface area (Å²) in [6, 6.07) is 12.4. The molecule has 8 heteroatoms. The predicted octanol–water partition coefficient (Wildman–Crippen LogP) is 2.40. The van der Waals surface area contributed by atoms with Crippen LogP contribution in [0.4, 0.5) is 10.1 Å². The molecule has 144 valence electrons. The molecule has 0 saturated carbocycles. The number of hydrogen-bond acceptors (Lipinski definition) is 5. The number of carbonyl (C=O) groups excluding carboxylic acids is 1. The van der Waals surface area contributed by atoms with Gasteiger partial charge >= 0.3 is 10.1 Å². The standard InChI is InChI=1S/C19H21FN2O4S/c1-15(23)21-10-12-22(13-11-21)17-6-8-18(9-7-17)26-27(24,25)14-16-4-2-3-5-19(16)20/h2-9H,10-14H2,1H3. The maximum atomic E-state index is 13.6. The van der Waals surface area contributed by atoms with Gasteiger partial charge in [-0.05, 0) is 30.3 Å². The van der Waals surface area contributed by atoms with Crippen LogP contribution < -0.4 is 9.08 Å². The molecule has 1 aliphatic rings. The molecule has 0 atom stereocenters. The van der Waals surface area contributed by atoms with E-state index in [9.17, 15) is 17.6 Å². The molecule has 2 aromatic rings. The lowest BCUT2D eigenvalue weighted by Gasteiger charge is -2.35. The molecule has 2 aromatic carbocycles. The Kier molecular flexibility index (Phi) is 5.65. The minimum absolute atomic E-state index is 0.0671. The van der Waals surface area contributed by atoms with Crippen LogP contribution in [-0.4, -0.2) is 45.4 Å². The van der Waals surface area contributed by atoms with Gasteiger partial charge in [0.2, 0.25) is 5.91 Å². The highest BCUT2D eigenvalue weighted by Gasteiger charge is 2.20. The van der Waals surface area contributed by atoms with Crippen LogP contribution >= 0.6 is 0 Å². The highest BCUT2D eigenvalue weighted by atomic mass is 32.2. The zero-order chi connectivity index (χ0) is 19.4. The van der Waals surface area contributed by atoms with Crippen LogP contribution in [0.1, 0.15) is 12.5 Å². The second kappa shape index (κ2) is 7.96. The van der Waals surface area contributed by atoms with Crippen molar-refractivity contribution in [1.29, 1.82) is 0 Å². The molecule has 1 amide bonds. The highest BCUT2D eigenvalue weighted by Crippen LogP contribution is 2.23. The Morgan fingerprint density at radius 3 is 2.26 bits per heavy atom. The highest BCUT2D eigenvalue weighted by molar-refractivity contribution is 7.86. The van der Waals surface area contributed by atoms with Crippen LogP contribution in [-0.2, 0) is 20.7 Å². The predicted molar refractivity (Wildman–Crippen MR) is 101 cm³/mol. The van der Waals surface area contributed by atoms with Gasteiger partial charge < -0.3 is 14.0 Å². The topological polar surface area (TPSA) is 66.9 Å². The third-order valence-electron chi connectivity index (χ3n) is 4.44. The molecule has 0 radical (unpaired) electrons. The Balaban J connectivity index is 1.62. The third-order valence-corrected chi connectivity index (χ3v) is 5.55. The van der Waals surface area contributed by atoms with E-state index >= 15 is 0 Å². The van der Waals surface area contributed by atoms with Crippen molar-refractivity contribution < 1.29 is 21.8 Å². The van der Waals surface area contributed by atoms with E-state index in [1.807, 2.05) is 0 Å². The molecular formula is C19H21FN2O4S. The first-order valence-corrected chi connectivity index (χ1v) is 10.2. The second-order valence-electron chi connectivity index (χ2n) is 6.36. The van der Waals surface area contributed by atoms with Crippen molar-refractivity contribution in [1.82, 2.24) is 4.90 Å².